The largest absolute Gasteiger partial charge is 0.481 e. The molecular formula is C14H18N2O3. The van der Waals surface area contributed by atoms with Crippen molar-refractivity contribution in [3.05, 3.63) is 35.9 Å². The fraction of sp³-hybridized carbons (Fsp3) is 0.429. The Morgan fingerprint density at radius 1 is 1.32 bits per heavy atom. The predicted octanol–water partition coefficient (Wildman–Crippen LogP) is 0.804. The number of piperazine rings is 1. The van der Waals surface area contributed by atoms with Gasteiger partial charge in [-0.3, -0.25) is 14.5 Å². The van der Waals surface area contributed by atoms with Gasteiger partial charge < -0.3 is 10.0 Å². The van der Waals surface area contributed by atoms with Crippen LogP contribution in [0.4, 0.5) is 0 Å². The number of carbonyl (C=O) groups excluding carboxylic acids is 1. The fourth-order valence-corrected chi connectivity index (χ4v) is 2.34. The molecule has 2 rings (SSSR count). The first-order valence-electron chi connectivity index (χ1n) is 6.32. The number of carboxylic acids is 1. The summed E-state index contributed by atoms with van der Waals surface area (Å²) in [5.41, 5.74) is 1.09. The van der Waals surface area contributed by atoms with Crippen molar-refractivity contribution >= 4 is 11.9 Å². The van der Waals surface area contributed by atoms with Crippen molar-refractivity contribution in [3.8, 4) is 0 Å². The van der Waals surface area contributed by atoms with Gasteiger partial charge in [-0.1, -0.05) is 30.3 Å². The fourth-order valence-electron chi connectivity index (χ4n) is 2.34. The summed E-state index contributed by atoms with van der Waals surface area (Å²) in [7, 11) is 1.72. The molecule has 0 spiro atoms. The second-order valence-corrected chi connectivity index (χ2v) is 4.83. The van der Waals surface area contributed by atoms with E-state index in [1.54, 1.807) is 11.9 Å². The van der Waals surface area contributed by atoms with E-state index in [9.17, 15) is 9.59 Å². The normalized spacial score (nSPS) is 20.6. The van der Waals surface area contributed by atoms with Gasteiger partial charge in [0.15, 0.2) is 0 Å². The number of aliphatic carboxylic acids is 1. The highest BCUT2D eigenvalue weighted by molar-refractivity contribution is 5.86. The number of carboxylic acid groups (broad SMARTS) is 1. The van der Waals surface area contributed by atoms with E-state index in [2.05, 4.69) is 0 Å². The predicted molar refractivity (Wildman–Crippen MR) is 70.5 cm³/mol. The highest BCUT2D eigenvalue weighted by Gasteiger charge is 2.34. The first-order valence-corrected chi connectivity index (χ1v) is 6.32. The van der Waals surface area contributed by atoms with Crippen molar-refractivity contribution in [1.29, 1.82) is 0 Å². The molecule has 1 amide bonds. The van der Waals surface area contributed by atoms with Gasteiger partial charge in [0.2, 0.25) is 5.91 Å². The number of likely N-dealkylation sites (N-methyl/N-ethyl adjacent to an activating group) is 1. The van der Waals surface area contributed by atoms with Gasteiger partial charge in [-0.05, 0) is 5.56 Å². The summed E-state index contributed by atoms with van der Waals surface area (Å²) in [4.78, 5) is 26.6. The Morgan fingerprint density at radius 3 is 2.63 bits per heavy atom. The summed E-state index contributed by atoms with van der Waals surface area (Å²) >= 11 is 0. The van der Waals surface area contributed by atoms with E-state index in [0.717, 1.165) is 5.56 Å². The Morgan fingerprint density at radius 2 is 2.00 bits per heavy atom. The SMILES string of the molecule is CN1CCN(Cc2ccccc2)C(CC(=O)O)C1=O. The minimum atomic E-state index is -0.938. The Bertz CT molecular complexity index is 461. The van der Waals surface area contributed by atoms with E-state index in [-0.39, 0.29) is 12.3 Å². The molecule has 0 saturated carbocycles. The molecular weight excluding hydrogens is 244 g/mol. The number of hydrogen-bond donors (Lipinski definition) is 1. The molecule has 1 aromatic rings. The molecule has 1 aromatic carbocycles. The highest BCUT2D eigenvalue weighted by Crippen LogP contribution is 2.17. The minimum Gasteiger partial charge on any atom is -0.481 e. The first-order chi connectivity index (χ1) is 9.08. The van der Waals surface area contributed by atoms with Crippen LogP contribution in [0.5, 0.6) is 0 Å². The molecule has 5 nitrogen and oxygen atoms in total. The lowest BCUT2D eigenvalue weighted by Crippen LogP contribution is -2.55. The maximum atomic E-state index is 12.1. The van der Waals surface area contributed by atoms with Gasteiger partial charge in [0, 0.05) is 26.7 Å². The number of nitrogens with zero attached hydrogens (tertiary/aromatic N) is 2. The molecule has 102 valence electrons. The number of hydrogen-bond acceptors (Lipinski definition) is 3. The van der Waals surface area contributed by atoms with Gasteiger partial charge >= 0.3 is 5.97 Å². The van der Waals surface area contributed by atoms with Crippen molar-refractivity contribution in [2.24, 2.45) is 0 Å². The summed E-state index contributed by atoms with van der Waals surface area (Å²) < 4.78 is 0. The first kappa shape index (κ1) is 13.5. The van der Waals surface area contributed by atoms with Crippen LogP contribution in [-0.2, 0) is 16.1 Å². The minimum absolute atomic E-state index is 0.107. The Kier molecular flexibility index (Phi) is 4.16. The summed E-state index contributed by atoms with van der Waals surface area (Å²) in [6, 6.07) is 9.24. The van der Waals surface area contributed by atoms with Crippen LogP contribution < -0.4 is 0 Å². The van der Waals surface area contributed by atoms with Crippen molar-refractivity contribution in [3.63, 3.8) is 0 Å². The molecule has 1 saturated heterocycles. The van der Waals surface area contributed by atoms with Crippen molar-refractivity contribution < 1.29 is 14.7 Å². The van der Waals surface area contributed by atoms with Crippen molar-refractivity contribution in [2.45, 2.75) is 19.0 Å². The van der Waals surface area contributed by atoms with E-state index in [4.69, 9.17) is 5.11 Å². The van der Waals surface area contributed by atoms with Crippen LogP contribution >= 0.6 is 0 Å². The van der Waals surface area contributed by atoms with Crippen LogP contribution in [0.25, 0.3) is 0 Å². The molecule has 0 aromatic heterocycles. The second-order valence-electron chi connectivity index (χ2n) is 4.83. The third-order valence-electron chi connectivity index (χ3n) is 3.42. The molecule has 0 aliphatic carbocycles. The van der Waals surface area contributed by atoms with Gasteiger partial charge in [-0.15, -0.1) is 0 Å². The van der Waals surface area contributed by atoms with Crippen LogP contribution in [-0.4, -0.2) is 53.0 Å². The molecule has 5 heteroatoms. The number of rotatable bonds is 4. The molecule has 1 aliphatic heterocycles. The van der Waals surface area contributed by atoms with Gasteiger partial charge in [0.05, 0.1) is 6.42 Å². The van der Waals surface area contributed by atoms with E-state index in [1.165, 1.54) is 0 Å². The van der Waals surface area contributed by atoms with Crippen LogP contribution in [0.1, 0.15) is 12.0 Å². The number of benzene rings is 1. The topological polar surface area (TPSA) is 60.9 Å². The average Bonchev–Trinajstić information content (AvgIpc) is 2.39. The van der Waals surface area contributed by atoms with Crippen LogP contribution in [0.15, 0.2) is 30.3 Å². The lowest BCUT2D eigenvalue weighted by Gasteiger charge is -2.38. The molecule has 0 bridgehead atoms. The summed E-state index contributed by atoms with van der Waals surface area (Å²) in [5.74, 6) is -1.05. The Labute approximate surface area is 112 Å². The number of carbonyl (C=O) groups is 2. The molecule has 1 atom stereocenters. The molecule has 19 heavy (non-hydrogen) atoms. The van der Waals surface area contributed by atoms with Gasteiger partial charge in [-0.2, -0.15) is 0 Å². The van der Waals surface area contributed by atoms with Gasteiger partial charge in [-0.25, -0.2) is 0 Å². The zero-order valence-corrected chi connectivity index (χ0v) is 11.0. The smallest absolute Gasteiger partial charge is 0.305 e. The van der Waals surface area contributed by atoms with E-state index >= 15 is 0 Å². The molecule has 1 unspecified atom stereocenters. The third-order valence-corrected chi connectivity index (χ3v) is 3.42. The highest BCUT2D eigenvalue weighted by atomic mass is 16.4. The average molecular weight is 262 g/mol. The Balaban J connectivity index is 2.12. The lowest BCUT2D eigenvalue weighted by molar-refractivity contribution is -0.148. The molecule has 1 heterocycles. The third kappa shape index (κ3) is 3.32. The maximum absolute atomic E-state index is 12.1. The molecule has 1 aliphatic rings. The van der Waals surface area contributed by atoms with Crippen LogP contribution in [0, 0.1) is 0 Å². The summed E-state index contributed by atoms with van der Waals surface area (Å²) in [6.45, 7) is 1.95. The molecule has 1 N–H and O–H groups in total. The summed E-state index contributed by atoms with van der Waals surface area (Å²) in [5, 5.41) is 8.96. The Hall–Kier alpha value is -1.88. The van der Waals surface area contributed by atoms with Crippen molar-refractivity contribution in [1.82, 2.24) is 9.80 Å². The van der Waals surface area contributed by atoms with Crippen LogP contribution in [0.3, 0.4) is 0 Å². The lowest BCUT2D eigenvalue weighted by atomic mass is 10.1. The molecule has 0 radical (unpaired) electrons. The molecule has 1 fully saturated rings. The number of amides is 1. The van der Waals surface area contributed by atoms with Crippen LogP contribution in [0.2, 0.25) is 0 Å². The monoisotopic (exact) mass is 262 g/mol. The van der Waals surface area contributed by atoms with Crippen molar-refractivity contribution in [2.75, 3.05) is 20.1 Å². The zero-order chi connectivity index (χ0) is 13.8. The van der Waals surface area contributed by atoms with E-state index in [0.29, 0.717) is 19.6 Å². The van der Waals surface area contributed by atoms with E-state index < -0.39 is 12.0 Å². The van der Waals surface area contributed by atoms with Gasteiger partial charge in [0.25, 0.3) is 0 Å². The maximum Gasteiger partial charge on any atom is 0.305 e. The van der Waals surface area contributed by atoms with Gasteiger partial charge in [0.1, 0.15) is 6.04 Å². The standard InChI is InChI=1S/C14H18N2O3/c1-15-7-8-16(10-11-5-3-2-4-6-11)12(14(15)19)9-13(17)18/h2-6,12H,7-10H2,1H3,(H,17,18). The quantitative estimate of drug-likeness (QED) is 0.872. The summed E-state index contributed by atoms with van der Waals surface area (Å²) in [6.07, 6.45) is -0.143. The van der Waals surface area contributed by atoms with E-state index in [1.807, 2.05) is 35.2 Å². The zero-order valence-electron chi connectivity index (χ0n) is 11.0. The second kappa shape index (κ2) is 5.84.